The summed E-state index contributed by atoms with van der Waals surface area (Å²) in [5.41, 5.74) is 1.82. The van der Waals surface area contributed by atoms with Gasteiger partial charge >= 0.3 is 13.1 Å². The van der Waals surface area contributed by atoms with Crippen LogP contribution in [-0.2, 0) is 9.45 Å². The van der Waals surface area contributed by atoms with Crippen molar-refractivity contribution in [1.82, 2.24) is 10.5 Å². The number of rotatable bonds is 6. The second-order valence-corrected chi connectivity index (χ2v) is 3.92. The van der Waals surface area contributed by atoms with Crippen LogP contribution in [0, 0.1) is 6.92 Å². The fraction of sp³-hybridized carbons (Fsp3) is 0.333. The molecule has 0 aromatic heterocycles. The van der Waals surface area contributed by atoms with E-state index in [1.807, 2.05) is 38.1 Å². The number of hydrogen-bond donors (Lipinski definition) is 2. The summed E-state index contributed by atoms with van der Waals surface area (Å²) in [6, 6.07) is 7.04. The zero-order valence-electron chi connectivity index (χ0n) is 10.6. The highest BCUT2D eigenvalue weighted by Crippen LogP contribution is 1.94. The van der Waals surface area contributed by atoms with Crippen LogP contribution < -0.4 is 16.0 Å². The smallest absolute Gasteiger partial charge is 0.513 e. The van der Waals surface area contributed by atoms with E-state index in [0.717, 1.165) is 17.4 Å². The van der Waals surface area contributed by atoms with Gasteiger partial charge in [-0.2, -0.15) is 0 Å². The SMILES string of the molecule is CCCNC(=O)NB(OC=O)c1ccc(C)cc1. The van der Waals surface area contributed by atoms with E-state index in [-0.39, 0.29) is 6.03 Å². The zero-order chi connectivity index (χ0) is 13.4. The van der Waals surface area contributed by atoms with Crippen LogP contribution in [0.5, 0.6) is 0 Å². The Bertz CT molecular complexity index is 395. The molecule has 18 heavy (non-hydrogen) atoms. The Balaban J connectivity index is 2.67. The molecule has 0 saturated heterocycles. The Kier molecular flexibility index (Phi) is 5.77. The van der Waals surface area contributed by atoms with Crippen LogP contribution in [0.25, 0.3) is 0 Å². The molecule has 0 unspecified atom stereocenters. The van der Waals surface area contributed by atoms with E-state index in [9.17, 15) is 9.59 Å². The van der Waals surface area contributed by atoms with Crippen molar-refractivity contribution in [3.05, 3.63) is 29.8 Å². The monoisotopic (exact) mass is 248 g/mol. The molecule has 0 bridgehead atoms. The predicted octanol–water partition coefficient (Wildman–Crippen LogP) is 0.572. The molecule has 1 aromatic rings. The average molecular weight is 248 g/mol. The van der Waals surface area contributed by atoms with Crippen molar-refractivity contribution in [3.63, 3.8) is 0 Å². The van der Waals surface area contributed by atoms with Gasteiger partial charge in [-0.25, -0.2) is 0 Å². The van der Waals surface area contributed by atoms with Gasteiger partial charge in [-0.15, -0.1) is 0 Å². The van der Waals surface area contributed by atoms with Gasteiger partial charge in [-0.1, -0.05) is 36.8 Å². The molecule has 2 amide bonds. The standard InChI is InChI=1S/C12H17BN2O3/c1-3-8-14-12(17)15-13(18-9-16)11-6-4-10(2)5-7-11/h4-7,9H,3,8H2,1-2H3,(H2,14,15,17). The molecule has 6 heteroatoms. The molecule has 0 saturated carbocycles. The molecule has 1 rings (SSSR count). The maximum atomic E-state index is 11.5. The van der Waals surface area contributed by atoms with Crippen molar-refractivity contribution >= 4 is 25.0 Å². The first-order chi connectivity index (χ1) is 8.67. The Morgan fingerprint density at radius 2 is 2.06 bits per heavy atom. The first kappa shape index (κ1) is 14.1. The number of carbonyl (C=O) groups excluding carboxylic acids is 2. The first-order valence-corrected chi connectivity index (χ1v) is 5.87. The minimum absolute atomic E-state index is 0.324. The first-order valence-electron chi connectivity index (χ1n) is 5.87. The highest BCUT2D eigenvalue weighted by molar-refractivity contribution is 6.68. The van der Waals surface area contributed by atoms with E-state index in [2.05, 4.69) is 10.5 Å². The normalized spacial score (nSPS) is 9.44. The number of amides is 2. The number of hydrogen-bond acceptors (Lipinski definition) is 3. The van der Waals surface area contributed by atoms with E-state index >= 15 is 0 Å². The Labute approximate surface area is 107 Å². The van der Waals surface area contributed by atoms with Gasteiger partial charge in [0.2, 0.25) is 0 Å². The Morgan fingerprint density at radius 1 is 1.39 bits per heavy atom. The summed E-state index contributed by atoms with van der Waals surface area (Å²) in [5.74, 6) is 0. The topological polar surface area (TPSA) is 67.4 Å². The largest absolute Gasteiger partial charge is 0.522 e. The number of nitrogens with one attached hydrogen (secondary N) is 2. The van der Waals surface area contributed by atoms with Crippen LogP contribution >= 0.6 is 0 Å². The van der Waals surface area contributed by atoms with Gasteiger partial charge in [0.25, 0.3) is 6.47 Å². The van der Waals surface area contributed by atoms with Crippen molar-refractivity contribution in [2.75, 3.05) is 6.54 Å². The summed E-state index contributed by atoms with van der Waals surface area (Å²) in [7, 11) is -0.764. The number of aryl methyl sites for hydroxylation is 1. The van der Waals surface area contributed by atoms with E-state index in [1.165, 1.54) is 0 Å². The molecule has 0 aliphatic heterocycles. The third-order valence-electron chi connectivity index (χ3n) is 2.37. The molecular weight excluding hydrogens is 231 g/mol. The van der Waals surface area contributed by atoms with Gasteiger partial charge in [-0.05, 0) is 18.8 Å². The molecule has 0 fully saturated rings. The zero-order valence-corrected chi connectivity index (χ0v) is 10.6. The van der Waals surface area contributed by atoms with Gasteiger partial charge in [-0.3, -0.25) is 9.59 Å². The van der Waals surface area contributed by atoms with Crippen LogP contribution in [0.2, 0.25) is 0 Å². The molecule has 5 nitrogen and oxygen atoms in total. The van der Waals surface area contributed by atoms with Crippen LogP contribution in [0.4, 0.5) is 4.79 Å². The maximum Gasteiger partial charge on any atom is 0.522 e. The summed E-state index contributed by atoms with van der Waals surface area (Å²) in [4.78, 5) is 22.0. The van der Waals surface area contributed by atoms with Crippen LogP contribution in [0.3, 0.4) is 0 Å². The van der Waals surface area contributed by atoms with Crippen molar-refractivity contribution in [2.45, 2.75) is 20.3 Å². The average Bonchev–Trinajstić information content (AvgIpc) is 2.37. The van der Waals surface area contributed by atoms with Gasteiger partial charge < -0.3 is 15.2 Å². The summed E-state index contributed by atoms with van der Waals surface area (Å²) in [6.45, 7) is 4.82. The lowest BCUT2D eigenvalue weighted by Crippen LogP contribution is -2.53. The molecule has 2 N–H and O–H groups in total. The fourth-order valence-electron chi connectivity index (χ4n) is 1.40. The molecule has 1 aromatic carbocycles. The summed E-state index contributed by atoms with van der Waals surface area (Å²) in [5, 5.41) is 5.24. The second kappa shape index (κ2) is 7.37. The van der Waals surface area contributed by atoms with Crippen LogP contribution in [-0.4, -0.2) is 26.1 Å². The van der Waals surface area contributed by atoms with Crippen molar-refractivity contribution < 1.29 is 14.2 Å². The minimum atomic E-state index is -0.764. The summed E-state index contributed by atoms with van der Waals surface area (Å²) < 4.78 is 4.87. The Morgan fingerprint density at radius 3 is 2.61 bits per heavy atom. The molecule has 0 spiro atoms. The lowest BCUT2D eigenvalue weighted by Gasteiger charge is -2.13. The van der Waals surface area contributed by atoms with Gasteiger partial charge in [0.15, 0.2) is 0 Å². The fourth-order valence-corrected chi connectivity index (χ4v) is 1.40. The quantitative estimate of drug-likeness (QED) is 0.571. The van der Waals surface area contributed by atoms with Crippen molar-refractivity contribution in [2.24, 2.45) is 0 Å². The van der Waals surface area contributed by atoms with Gasteiger partial charge in [0, 0.05) is 6.54 Å². The van der Waals surface area contributed by atoms with Gasteiger partial charge in [0.1, 0.15) is 0 Å². The van der Waals surface area contributed by atoms with E-state index in [1.54, 1.807) is 0 Å². The highest BCUT2D eigenvalue weighted by Gasteiger charge is 2.23. The molecule has 0 heterocycles. The Hall–Kier alpha value is -1.98. The maximum absolute atomic E-state index is 11.5. The lowest BCUT2D eigenvalue weighted by molar-refractivity contribution is -0.121. The number of benzene rings is 1. The molecule has 0 atom stereocenters. The molecule has 0 aliphatic rings. The van der Waals surface area contributed by atoms with E-state index in [4.69, 9.17) is 4.65 Å². The molecular formula is C12H17BN2O3. The van der Waals surface area contributed by atoms with Crippen molar-refractivity contribution in [3.8, 4) is 0 Å². The van der Waals surface area contributed by atoms with Crippen molar-refractivity contribution in [1.29, 1.82) is 0 Å². The van der Waals surface area contributed by atoms with E-state index in [0.29, 0.717) is 13.0 Å². The third kappa shape index (κ3) is 4.49. The third-order valence-corrected chi connectivity index (χ3v) is 2.37. The van der Waals surface area contributed by atoms with Gasteiger partial charge in [0.05, 0.1) is 0 Å². The summed E-state index contributed by atoms with van der Waals surface area (Å²) in [6.07, 6.45) is 0.844. The summed E-state index contributed by atoms with van der Waals surface area (Å²) >= 11 is 0. The molecule has 96 valence electrons. The number of carbonyl (C=O) groups is 2. The van der Waals surface area contributed by atoms with E-state index < -0.39 is 7.05 Å². The highest BCUT2D eigenvalue weighted by atomic mass is 16.5. The molecule has 0 aliphatic carbocycles. The van der Waals surface area contributed by atoms with Crippen LogP contribution in [0.1, 0.15) is 18.9 Å². The van der Waals surface area contributed by atoms with Crippen LogP contribution in [0.15, 0.2) is 24.3 Å². The lowest BCUT2D eigenvalue weighted by atomic mass is 9.73. The minimum Gasteiger partial charge on any atom is -0.513 e. The molecule has 0 radical (unpaired) electrons. The predicted molar refractivity (Wildman–Crippen MR) is 70.5 cm³/mol. The number of urea groups is 1. The second-order valence-electron chi connectivity index (χ2n) is 3.92.